The van der Waals surface area contributed by atoms with Gasteiger partial charge in [-0.3, -0.25) is 0 Å². The van der Waals surface area contributed by atoms with E-state index in [1.807, 2.05) is 11.8 Å². The predicted molar refractivity (Wildman–Crippen MR) is 52.1 cm³/mol. The molecule has 0 bridgehead atoms. The van der Waals surface area contributed by atoms with Crippen LogP contribution in [0, 0.1) is 0 Å². The van der Waals surface area contributed by atoms with Crippen LogP contribution in [0.3, 0.4) is 0 Å². The fraction of sp³-hybridized carbons (Fsp3) is 0.714. The molecule has 0 atom stereocenters. The van der Waals surface area contributed by atoms with Gasteiger partial charge in [0.25, 0.3) is 0 Å². The SMILES string of the molecule is CCSCCCn1ncc(N)n1. The average Bonchev–Trinajstić information content (AvgIpc) is 2.45. The molecule has 0 saturated heterocycles. The third kappa shape index (κ3) is 3.13. The van der Waals surface area contributed by atoms with Crippen LogP contribution in [0.1, 0.15) is 13.3 Å². The Labute approximate surface area is 76.5 Å². The van der Waals surface area contributed by atoms with Crippen LogP contribution in [0.4, 0.5) is 5.82 Å². The highest BCUT2D eigenvalue weighted by Gasteiger charge is 1.94. The summed E-state index contributed by atoms with van der Waals surface area (Å²) in [5.74, 6) is 2.84. The van der Waals surface area contributed by atoms with Gasteiger partial charge in [0.1, 0.15) is 0 Å². The Balaban J connectivity index is 2.15. The Morgan fingerprint density at radius 2 is 2.50 bits per heavy atom. The summed E-state index contributed by atoms with van der Waals surface area (Å²) in [5, 5.41) is 7.97. The van der Waals surface area contributed by atoms with Gasteiger partial charge in [0.15, 0.2) is 5.82 Å². The van der Waals surface area contributed by atoms with Crippen molar-refractivity contribution in [1.29, 1.82) is 0 Å². The second kappa shape index (κ2) is 5.03. The van der Waals surface area contributed by atoms with E-state index in [1.54, 1.807) is 11.0 Å². The second-order valence-corrected chi connectivity index (χ2v) is 3.81. The lowest BCUT2D eigenvalue weighted by molar-refractivity contribution is 0.532. The molecule has 0 spiro atoms. The van der Waals surface area contributed by atoms with Crippen LogP contribution in [0.5, 0.6) is 0 Å². The minimum atomic E-state index is 0.498. The first-order valence-corrected chi connectivity index (χ1v) is 5.21. The van der Waals surface area contributed by atoms with Crippen molar-refractivity contribution in [2.24, 2.45) is 0 Å². The van der Waals surface area contributed by atoms with Crippen molar-refractivity contribution in [2.45, 2.75) is 19.9 Å². The fourth-order valence-electron chi connectivity index (χ4n) is 0.871. The highest BCUT2D eigenvalue weighted by Crippen LogP contribution is 2.02. The Morgan fingerprint density at radius 3 is 3.08 bits per heavy atom. The molecule has 12 heavy (non-hydrogen) atoms. The van der Waals surface area contributed by atoms with Gasteiger partial charge in [0.2, 0.25) is 0 Å². The molecule has 0 aliphatic rings. The average molecular weight is 186 g/mol. The van der Waals surface area contributed by atoms with Gasteiger partial charge in [-0.2, -0.15) is 21.7 Å². The zero-order chi connectivity index (χ0) is 8.81. The van der Waals surface area contributed by atoms with Crippen molar-refractivity contribution >= 4 is 17.6 Å². The first kappa shape index (κ1) is 9.38. The molecule has 0 aliphatic heterocycles. The van der Waals surface area contributed by atoms with Crippen molar-refractivity contribution < 1.29 is 0 Å². The van der Waals surface area contributed by atoms with E-state index < -0.39 is 0 Å². The summed E-state index contributed by atoms with van der Waals surface area (Å²) in [6, 6.07) is 0. The van der Waals surface area contributed by atoms with Crippen molar-refractivity contribution in [3.8, 4) is 0 Å². The predicted octanol–water partition coefficient (Wildman–Crippen LogP) is 1.00. The number of hydrogen-bond acceptors (Lipinski definition) is 4. The number of hydrogen-bond donors (Lipinski definition) is 1. The number of rotatable bonds is 5. The van der Waals surface area contributed by atoms with Crippen molar-refractivity contribution in [2.75, 3.05) is 17.2 Å². The van der Waals surface area contributed by atoms with Crippen LogP contribution in [-0.2, 0) is 6.54 Å². The van der Waals surface area contributed by atoms with Gasteiger partial charge in [0, 0.05) is 0 Å². The largest absolute Gasteiger partial charge is 0.381 e. The molecular weight excluding hydrogens is 172 g/mol. The molecule has 1 rings (SSSR count). The quantitative estimate of drug-likeness (QED) is 0.697. The lowest BCUT2D eigenvalue weighted by atomic mass is 10.5. The van der Waals surface area contributed by atoms with Crippen LogP contribution in [0.15, 0.2) is 6.20 Å². The number of nitrogen functional groups attached to an aromatic ring is 1. The summed E-state index contributed by atoms with van der Waals surface area (Å²) < 4.78 is 0. The minimum Gasteiger partial charge on any atom is -0.381 e. The minimum absolute atomic E-state index is 0.498. The normalized spacial score (nSPS) is 10.4. The van der Waals surface area contributed by atoms with Gasteiger partial charge in [0.05, 0.1) is 12.7 Å². The number of aromatic nitrogens is 3. The Bertz CT molecular complexity index is 223. The third-order valence-electron chi connectivity index (χ3n) is 1.41. The molecule has 5 heteroatoms. The molecule has 1 aromatic rings. The van der Waals surface area contributed by atoms with Gasteiger partial charge < -0.3 is 5.73 Å². The summed E-state index contributed by atoms with van der Waals surface area (Å²) >= 11 is 1.93. The zero-order valence-corrected chi connectivity index (χ0v) is 8.05. The fourth-order valence-corrected chi connectivity index (χ4v) is 1.49. The lowest BCUT2D eigenvalue weighted by Gasteiger charge is -1.98. The molecule has 1 heterocycles. The maximum absolute atomic E-state index is 5.41. The summed E-state index contributed by atoms with van der Waals surface area (Å²) in [7, 11) is 0. The van der Waals surface area contributed by atoms with Crippen molar-refractivity contribution in [3.05, 3.63) is 6.20 Å². The van der Waals surface area contributed by atoms with Gasteiger partial charge in [-0.05, 0) is 17.9 Å². The van der Waals surface area contributed by atoms with Crippen molar-refractivity contribution in [1.82, 2.24) is 15.0 Å². The van der Waals surface area contributed by atoms with Crippen LogP contribution in [0.25, 0.3) is 0 Å². The van der Waals surface area contributed by atoms with E-state index in [1.165, 1.54) is 5.75 Å². The topological polar surface area (TPSA) is 56.7 Å². The zero-order valence-electron chi connectivity index (χ0n) is 7.23. The van der Waals surface area contributed by atoms with E-state index in [4.69, 9.17) is 5.73 Å². The molecular formula is C7H14N4S. The lowest BCUT2D eigenvalue weighted by Crippen LogP contribution is -2.03. The molecule has 0 aromatic carbocycles. The Kier molecular flexibility index (Phi) is 3.93. The molecule has 0 fully saturated rings. The molecule has 0 saturated carbocycles. The molecule has 0 amide bonds. The summed E-state index contributed by atoms with van der Waals surface area (Å²) in [5.41, 5.74) is 5.41. The van der Waals surface area contributed by atoms with Crippen LogP contribution < -0.4 is 5.73 Å². The molecule has 1 aromatic heterocycles. The Hall–Kier alpha value is -0.710. The van der Waals surface area contributed by atoms with Gasteiger partial charge in [-0.1, -0.05) is 6.92 Å². The first-order valence-electron chi connectivity index (χ1n) is 4.06. The van der Waals surface area contributed by atoms with E-state index in [-0.39, 0.29) is 0 Å². The van der Waals surface area contributed by atoms with Gasteiger partial charge in [-0.25, -0.2) is 0 Å². The number of nitrogens with two attached hydrogens (primary N) is 1. The Morgan fingerprint density at radius 1 is 1.67 bits per heavy atom. The van der Waals surface area contributed by atoms with Gasteiger partial charge in [-0.15, -0.1) is 5.10 Å². The first-order chi connectivity index (χ1) is 5.83. The third-order valence-corrected chi connectivity index (χ3v) is 2.39. The van der Waals surface area contributed by atoms with E-state index >= 15 is 0 Å². The maximum atomic E-state index is 5.41. The summed E-state index contributed by atoms with van der Waals surface area (Å²) in [6.07, 6.45) is 2.68. The number of thioether (sulfide) groups is 1. The number of nitrogens with zero attached hydrogens (tertiary/aromatic N) is 3. The standard InChI is InChI=1S/C7H14N4S/c1-2-12-5-3-4-11-9-6-7(8)10-11/h6H,2-5H2,1H3,(H2,8,10). The van der Waals surface area contributed by atoms with Crippen LogP contribution >= 0.6 is 11.8 Å². The monoisotopic (exact) mass is 186 g/mol. The number of anilines is 1. The molecule has 0 unspecified atom stereocenters. The van der Waals surface area contributed by atoms with Crippen LogP contribution in [0.2, 0.25) is 0 Å². The molecule has 2 N–H and O–H groups in total. The van der Waals surface area contributed by atoms with Gasteiger partial charge >= 0.3 is 0 Å². The summed E-state index contributed by atoms with van der Waals surface area (Å²) in [6.45, 7) is 3.03. The second-order valence-electron chi connectivity index (χ2n) is 2.42. The smallest absolute Gasteiger partial charge is 0.165 e. The van der Waals surface area contributed by atoms with E-state index in [2.05, 4.69) is 17.1 Å². The van der Waals surface area contributed by atoms with Crippen molar-refractivity contribution in [3.63, 3.8) is 0 Å². The number of aryl methyl sites for hydroxylation is 1. The molecule has 4 nitrogen and oxygen atoms in total. The maximum Gasteiger partial charge on any atom is 0.165 e. The van der Waals surface area contributed by atoms with E-state index in [0.29, 0.717) is 5.82 Å². The highest BCUT2D eigenvalue weighted by atomic mass is 32.2. The highest BCUT2D eigenvalue weighted by molar-refractivity contribution is 7.99. The van der Waals surface area contributed by atoms with E-state index in [9.17, 15) is 0 Å². The van der Waals surface area contributed by atoms with Crippen LogP contribution in [-0.4, -0.2) is 26.5 Å². The molecule has 0 aliphatic carbocycles. The molecule has 68 valence electrons. The summed E-state index contributed by atoms with van der Waals surface area (Å²) in [4.78, 5) is 1.64. The van der Waals surface area contributed by atoms with E-state index in [0.717, 1.165) is 18.7 Å². The molecule has 0 radical (unpaired) electrons.